The van der Waals surface area contributed by atoms with Gasteiger partial charge in [0.15, 0.2) is 0 Å². The van der Waals surface area contributed by atoms with E-state index in [-0.39, 0.29) is 5.78 Å². The SMILES string of the molecule is CC(C)c1ccc(C=C2Nc3ccccc3C2=O)cc1. The van der Waals surface area contributed by atoms with Gasteiger partial charge >= 0.3 is 0 Å². The van der Waals surface area contributed by atoms with Gasteiger partial charge in [-0.15, -0.1) is 0 Å². The lowest BCUT2D eigenvalue weighted by Crippen LogP contribution is -1.99. The van der Waals surface area contributed by atoms with Crippen molar-refractivity contribution in [3.63, 3.8) is 0 Å². The molecule has 1 heterocycles. The average Bonchev–Trinajstić information content (AvgIpc) is 2.77. The van der Waals surface area contributed by atoms with E-state index >= 15 is 0 Å². The lowest BCUT2D eigenvalue weighted by atomic mass is 10.0. The molecule has 2 aromatic rings. The maximum Gasteiger partial charge on any atom is 0.211 e. The van der Waals surface area contributed by atoms with Crippen LogP contribution in [0, 0.1) is 0 Å². The number of ketones is 1. The van der Waals surface area contributed by atoms with E-state index < -0.39 is 0 Å². The Morgan fingerprint density at radius 1 is 1.00 bits per heavy atom. The molecule has 20 heavy (non-hydrogen) atoms. The minimum absolute atomic E-state index is 0.0635. The summed E-state index contributed by atoms with van der Waals surface area (Å²) in [7, 11) is 0. The van der Waals surface area contributed by atoms with Gasteiger partial charge in [0.05, 0.1) is 5.70 Å². The zero-order valence-electron chi connectivity index (χ0n) is 11.7. The molecular formula is C18H17NO. The smallest absolute Gasteiger partial charge is 0.211 e. The molecule has 0 saturated heterocycles. The summed E-state index contributed by atoms with van der Waals surface area (Å²) in [6.07, 6.45) is 1.91. The fourth-order valence-corrected chi connectivity index (χ4v) is 2.38. The number of carbonyl (C=O) groups excluding carboxylic acids is 1. The van der Waals surface area contributed by atoms with Gasteiger partial charge in [-0.3, -0.25) is 4.79 Å². The molecule has 3 rings (SSSR count). The molecular weight excluding hydrogens is 246 g/mol. The molecule has 0 aromatic heterocycles. The summed E-state index contributed by atoms with van der Waals surface area (Å²) in [4.78, 5) is 12.2. The number of Topliss-reactive ketones (excluding diaryl/α,β-unsaturated/α-hetero) is 1. The quantitative estimate of drug-likeness (QED) is 0.810. The number of benzene rings is 2. The molecule has 0 saturated carbocycles. The molecule has 1 N–H and O–H groups in total. The number of anilines is 1. The zero-order chi connectivity index (χ0) is 14.1. The molecule has 2 heteroatoms. The van der Waals surface area contributed by atoms with E-state index in [9.17, 15) is 4.79 Å². The highest BCUT2D eigenvalue weighted by Gasteiger charge is 2.23. The van der Waals surface area contributed by atoms with Crippen LogP contribution in [0.5, 0.6) is 0 Å². The molecule has 1 aliphatic rings. The van der Waals surface area contributed by atoms with Gasteiger partial charge in [0.25, 0.3) is 0 Å². The largest absolute Gasteiger partial charge is 0.352 e. The Hall–Kier alpha value is -2.35. The van der Waals surface area contributed by atoms with Gasteiger partial charge in [-0.2, -0.15) is 0 Å². The molecule has 0 fully saturated rings. The highest BCUT2D eigenvalue weighted by atomic mass is 16.1. The Morgan fingerprint density at radius 2 is 1.70 bits per heavy atom. The van der Waals surface area contributed by atoms with Gasteiger partial charge in [0.1, 0.15) is 0 Å². The normalized spacial score (nSPS) is 15.6. The molecule has 2 nitrogen and oxygen atoms in total. The number of allylic oxidation sites excluding steroid dienone is 1. The third-order valence-electron chi connectivity index (χ3n) is 3.60. The molecule has 100 valence electrons. The molecule has 0 aliphatic carbocycles. The van der Waals surface area contributed by atoms with E-state index in [2.05, 4.69) is 43.4 Å². The zero-order valence-corrected chi connectivity index (χ0v) is 11.7. The van der Waals surface area contributed by atoms with Gasteiger partial charge in [0, 0.05) is 11.3 Å². The number of fused-ring (bicyclic) bond motifs is 1. The van der Waals surface area contributed by atoms with E-state index in [4.69, 9.17) is 0 Å². The molecule has 0 amide bonds. The van der Waals surface area contributed by atoms with Crippen molar-refractivity contribution in [3.8, 4) is 0 Å². The Labute approximate surface area is 119 Å². The predicted octanol–water partition coefficient (Wildman–Crippen LogP) is 4.46. The molecule has 0 bridgehead atoms. The van der Waals surface area contributed by atoms with Crippen LogP contribution in [0.4, 0.5) is 5.69 Å². The van der Waals surface area contributed by atoms with Crippen LogP contribution in [0.15, 0.2) is 54.2 Å². The van der Waals surface area contributed by atoms with Crippen molar-refractivity contribution in [1.82, 2.24) is 0 Å². The van der Waals surface area contributed by atoms with Crippen LogP contribution in [0.3, 0.4) is 0 Å². The topological polar surface area (TPSA) is 29.1 Å². The van der Waals surface area contributed by atoms with Crippen molar-refractivity contribution in [2.75, 3.05) is 5.32 Å². The maximum atomic E-state index is 12.2. The number of carbonyl (C=O) groups is 1. The first-order valence-electron chi connectivity index (χ1n) is 6.87. The summed E-state index contributed by atoms with van der Waals surface area (Å²) < 4.78 is 0. The lowest BCUT2D eigenvalue weighted by Gasteiger charge is -2.05. The highest BCUT2D eigenvalue weighted by Crippen LogP contribution is 2.28. The monoisotopic (exact) mass is 263 g/mol. The van der Waals surface area contributed by atoms with Crippen LogP contribution in [0.1, 0.15) is 41.3 Å². The van der Waals surface area contributed by atoms with Crippen molar-refractivity contribution in [3.05, 3.63) is 70.9 Å². The fourth-order valence-electron chi connectivity index (χ4n) is 2.38. The number of rotatable bonds is 2. The standard InChI is InChI=1S/C18H17NO/c1-12(2)14-9-7-13(8-10-14)11-17-18(20)15-5-3-4-6-16(15)19-17/h3-12,19H,1-2H3. The van der Waals surface area contributed by atoms with Crippen molar-refractivity contribution in [1.29, 1.82) is 0 Å². The van der Waals surface area contributed by atoms with Crippen LogP contribution >= 0.6 is 0 Å². The van der Waals surface area contributed by atoms with Gasteiger partial charge in [-0.1, -0.05) is 50.2 Å². The van der Waals surface area contributed by atoms with Crippen LogP contribution < -0.4 is 5.32 Å². The van der Waals surface area contributed by atoms with Crippen LogP contribution in [-0.4, -0.2) is 5.78 Å². The van der Waals surface area contributed by atoms with Crippen molar-refractivity contribution >= 4 is 17.5 Å². The van der Waals surface area contributed by atoms with E-state index in [0.717, 1.165) is 16.8 Å². The molecule has 1 aliphatic heterocycles. The third kappa shape index (κ3) is 2.25. The molecule has 0 radical (unpaired) electrons. The summed E-state index contributed by atoms with van der Waals surface area (Å²) in [6.45, 7) is 4.35. The number of hydrogen-bond acceptors (Lipinski definition) is 2. The minimum atomic E-state index is 0.0635. The lowest BCUT2D eigenvalue weighted by molar-refractivity contribution is 0.104. The van der Waals surface area contributed by atoms with Crippen molar-refractivity contribution in [2.24, 2.45) is 0 Å². The summed E-state index contributed by atoms with van der Waals surface area (Å²) in [5, 5.41) is 3.18. The first kappa shape index (κ1) is 12.7. The first-order valence-corrected chi connectivity index (χ1v) is 6.87. The molecule has 0 unspecified atom stereocenters. The van der Waals surface area contributed by atoms with E-state index in [0.29, 0.717) is 11.6 Å². The first-order chi connectivity index (χ1) is 9.65. The Kier molecular flexibility index (Phi) is 3.15. The summed E-state index contributed by atoms with van der Waals surface area (Å²) in [5.41, 5.74) is 4.63. The van der Waals surface area contributed by atoms with Gasteiger partial charge < -0.3 is 5.32 Å². The third-order valence-corrected chi connectivity index (χ3v) is 3.60. The average molecular weight is 263 g/mol. The predicted molar refractivity (Wildman–Crippen MR) is 82.9 cm³/mol. The second kappa shape index (κ2) is 4.97. The Morgan fingerprint density at radius 3 is 2.35 bits per heavy atom. The van der Waals surface area contributed by atoms with Crippen LogP contribution in [0.25, 0.3) is 6.08 Å². The van der Waals surface area contributed by atoms with Crippen molar-refractivity contribution < 1.29 is 4.79 Å². The summed E-state index contributed by atoms with van der Waals surface area (Å²) >= 11 is 0. The van der Waals surface area contributed by atoms with Crippen LogP contribution in [0.2, 0.25) is 0 Å². The van der Waals surface area contributed by atoms with Crippen molar-refractivity contribution in [2.45, 2.75) is 19.8 Å². The molecule has 2 aromatic carbocycles. The number of hydrogen-bond donors (Lipinski definition) is 1. The maximum absolute atomic E-state index is 12.2. The second-order valence-corrected chi connectivity index (χ2v) is 5.38. The van der Waals surface area contributed by atoms with Crippen LogP contribution in [-0.2, 0) is 0 Å². The highest BCUT2D eigenvalue weighted by molar-refractivity contribution is 6.20. The van der Waals surface area contributed by atoms with E-state index in [1.165, 1.54) is 5.56 Å². The summed E-state index contributed by atoms with van der Waals surface area (Å²) in [6, 6.07) is 15.9. The summed E-state index contributed by atoms with van der Waals surface area (Å²) in [5.74, 6) is 0.584. The van der Waals surface area contributed by atoms with Gasteiger partial charge in [-0.05, 0) is 35.3 Å². The minimum Gasteiger partial charge on any atom is -0.352 e. The molecule has 0 atom stereocenters. The van der Waals surface area contributed by atoms with E-state index in [1.807, 2.05) is 30.3 Å². The van der Waals surface area contributed by atoms with Gasteiger partial charge in [0.2, 0.25) is 5.78 Å². The second-order valence-electron chi connectivity index (χ2n) is 5.38. The molecule has 0 spiro atoms. The Balaban J connectivity index is 1.89. The Bertz CT molecular complexity index is 681. The fraction of sp³-hybridized carbons (Fsp3) is 0.167. The number of nitrogens with one attached hydrogen (secondary N) is 1. The van der Waals surface area contributed by atoms with E-state index in [1.54, 1.807) is 0 Å². The number of para-hydroxylation sites is 1. The van der Waals surface area contributed by atoms with Gasteiger partial charge in [-0.25, -0.2) is 0 Å².